The highest BCUT2D eigenvalue weighted by Gasteiger charge is 2.18. The quantitative estimate of drug-likeness (QED) is 0.481. The number of aryl methyl sites for hydroxylation is 1. The fourth-order valence-corrected chi connectivity index (χ4v) is 2.62. The lowest BCUT2D eigenvalue weighted by molar-refractivity contribution is -0.384. The molecule has 0 spiro atoms. The number of nitro benzene ring substituents is 1. The minimum Gasteiger partial charge on any atom is -0.379 e. The summed E-state index contributed by atoms with van der Waals surface area (Å²) >= 11 is 0. The predicted molar refractivity (Wildman–Crippen MR) is 76.7 cm³/mol. The van der Waals surface area contributed by atoms with Crippen LogP contribution in [0.1, 0.15) is 12.5 Å². The first-order valence-corrected chi connectivity index (χ1v) is 7.61. The fraction of sp³-hybridized carbons (Fsp3) is 0.143. The fourth-order valence-electron chi connectivity index (χ4n) is 1.69. The van der Waals surface area contributed by atoms with Crippen LogP contribution in [0.2, 0.25) is 0 Å². The van der Waals surface area contributed by atoms with Gasteiger partial charge in [0.05, 0.1) is 4.92 Å². The van der Waals surface area contributed by atoms with Crippen molar-refractivity contribution >= 4 is 15.8 Å². The molecule has 0 radical (unpaired) electrons. The molecule has 0 bridgehead atoms. The Balaban J connectivity index is 2.22. The summed E-state index contributed by atoms with van der Waals surface area (Å²) in [6.07, 6.45) is 0.843. The van der Waals surface area contributed by atoms with Gasteiger partial charge in [-0.05, 0) is 36.2 Å². The molecule has 0 aliphatic heterocycles. The van der Waals surface area contributed by atoms with Gasteiger partial charge >= 0.3 is 10.1 Å². The van der Waals surface area contributed by atoms with Gasteiger partial charge in [0.15, 0.2) is 0 Å². The van der Waals surface area contributed by atoms with Gasteiger partial charge in [-0.15, -0.1) is 0 Å². The number of nitrogens with zero attached hydrogens (tertiary/aromatic N) is 1. The van der Waals surface area contributed by atoms with Gasteiger partial charge in [-0.3, -0.25) is 10.1 Å². The average molecular weight is 307 g/mol. The highest BCUT2D eigenvalue weighted by Crippen LogP contribution is 2.21. The van der Waals surface area contributed by atoms with E-state index in [0.717, 1.165) is 36.2 Å². The molecule has 0 atom stereocenters. The van der Waals surface area contributed by atoms with Crippen LogP contribution in [0.25, 0.3) is 0 Å². The molecular formula is C14H13NO5S. The minimum atomic E-state index is -4.00. The van der Waals surface area contributed by atoms with E-state index in [0.29, 0.717) is 0 Å². The molecule has 0 aliphatic carbocycles. The summed E-state index contributed by atoms with van der Waals surface area (Å²) < 4.78 is 29.1. The van der Waals surface area contributed by atoms with Crippen molar-refractivity contribution in [3.8, 4) is 5.75 Å². The van der Waals surface area contributed by atoms with Crippen molar-refractivity contribution in [2.45, 2.75) is 18.2 Å². The largest absolute Gasteiger partial charge is 0.379 e. The third-order valence-electron chi connectivity index (χ3n) is 2.87. The molecule has 0 fully saturated rings. The molecule has 0 aliphatic rings. The van der Waals surface area contributed by atoms with Crippen molar-refractivity contribution < 1.29 is 17.5 Å². The average Bonchev–Trinajstić information content (AvgIpc) is 2.48. The van der Waals surface area contributed by atoms with Crippen molar-refractivity contribution in [1.29, 1.82) is 0 Å². The molecule has 0 aromatic heterocycles. The Morgan fingerprint density at radius 1 is 1.05 bits per heavy atom. The second-order valence-electron chi connectivity index (χ2n) is 4.29. The molecule has 2 rings (SSSR count). The zero-order valence-corrected chi connectivity index (χ0v) is 12.0. The molecule has 0 amide bonds. The normalized spacial score (nSPS) is 11.1. The van der Waals surface area contributed by atoms with Crippen LogP contribution >= 0.6 is 0 Å². The topological polar surface area (TPSA) is 86.5 Å². The lowest BCUT2D eigenvalue weighted by Gasteiger charge is -2.07. The van der Waals surface area contributed by atoms with E-state index in [1.54, 1.807) is 24.3 Å². The van der Waals surface area contributed by atoms with Gasteiger partial charge in [-0.2, -0.15) is 8.42 Å². The van der Waals surface area contributed by atoms with E-state index in [-0.39, 0.29) is 16.3 Å². The second kappa shape index (κ2) is 5.92. The molecular weight excluding hydrogens is 294 g/mol. The highest BCUT2D eigenvalue weighted by atomic mass is 32.2. The molecule has 0 heterocycles. The maximum absolute atomic E-state index is 12.0. The van der Waals surface area contributed by atoms with Crippen LogP contribution < -0.4 is 4.18 Å². The number of hydrogen-bond acceptors (Lipinski definition) is 5. The summed E-state index contributed by atoms with van der Waals surface area (Å²) in [5.41, 5.74) is 0.885. The number of rotatable bonds is 5. The first-order chi connectivity index (χ1) is 9.92. The van der Waals surface area contributed by atoms with Gasteiger partial charge in [0, 0.05) is 12.1 Å². The molecule has 110 valence electrons. The molecule has 7 heteroatoms. The van der Waals surface area contributed by atoms with E-state index < -0.39 is 15.0 Å². The predicted octanol–water partition coefficient (Wildman–Crippen LogP) is 2.92. The first kappa shape index (κ1) is 15.0. The number of non-ortho nitro benzene ring substituents is 1. The van der Waals surface area contributed by atoms with Gasteiger partial charge in [-0.1, -0.05) is 19.1 Å². The highest BCUT2D eigenvalue weighted by molar-refractivity contribution is 7.87. The Hall–Kier alpha value is -2.41. The summed E-state index contributed by atoms with van der Waals surface area (Å²) in [6, 6.07) is 11.2. The van der Waals surface area contributed by atoms with Gasteiger partial charge in [0.25, 0.3) is 5.69 Å². The van der Waals surface area contributed by atoms with Gasteiger partial charge in [0.1, 0.15) is 10.6 Å². The van der Waals surface area contributed by atoms with E-state index in [1.807, 2.05) is 6.92 Å². The van der Waals surface area contributed by atoms with E-state index in [9.17, 15) is 18.5 Å². The van der Waals surface area contributed by atoms with Crippen LogP contribution in [0.15, 0.2) is 53.4 Å². The van der Waals surface area contributed by atoms with Crippen molar-refractivity contribution in [3.63, 3.8) is 0 Å². The number of nitro groups is 1. The monoisotopic (exact) mass is 307 g/mol. The molecule has 0 saturated carbocycles. The Morgan fingerprint density at radius 3 is 2.10 bits per heavy atom. The summed E-state index contributed by atoms with van der Waals surface area (Å²) in [5, 5.41) is 10.5. The second-order valence-corrected chi connectivity index (χ2v) is 5.83. The molecule has 2 aromatic rings. The third kappa shape index (κ3) is 3.57. The summed E-state index contributed by atoms with van der Waals surface area (Å²) in [5.74, 6) is 0.200. The smallest absolute Gasteiger partial charge is 0.339 e. The van der Waals surface area contributed by atoms with Crippen LogP contribution in [-0.2, 0) is 16.5 Å². The first-order valence-electron chi connectivity index (χ1n) is 6.20. The summed E-state index contributed by atoms with van der Waals surface area (Å²) in [7, 11) is -4.00. The lowest BCUT2D eigenvalue weighted by Crippen LogP contribution is -2.09. The molecule has 0 saturated heterocycles. The minimum absolute atomic E-state index is 0.132. The van der Waals surface area contributed by atoms with E-state index in [1.165, 1.54) is 0 Å². The van der Waals surface area contributed by atoms with Crippen LogP contribution in [0.4, 0.5) is 5.69 Å². The van der Waals surface area contributed by atoms with Gasteiger partial charge < -0.3 is 4.18 Å². The Kier molecular flexibility index (Phi) is 4.23. The van der Waals surface area contributed by atoms with Gasteiger partial charge in [0.2, 0.25) is 0 Å². The van der Waals surface area contributed by atoms with Crippen molar-refractivity contribution in [2.24, 2.45) is 0 Å². The SMILES string of the molecule is CCc1ccc(OS(=O)(=O)c2ccc([N+](=O)[O-])cc2)cc1. The Labute approximate surface area is 122 Å². The molecule has 21 heavy (non-hydrogen) atoms. The lowest BCUT2D eigenvalue weighted by atomic mass is 10.2. The molecule has 6 nitrogen and oxygen atoms in total. The van der Waals surface area contributed by atoms with Crippen molar-refractivity contribution in [1.82, 2.24) is 0 Å². The third-order valence-corrected chi connectivity index (χ3v) is 4.14. The van der Waals surface area contributed by atoms with Crippen molar-refractivity contribution in [2.75, 3.05) is 0 Å². The van der Waals surface area contributed by atoms with Gasteiger partial charge in [-0.25, -0.2) is 0 Å². The molecule has 0 N–H and O–H groups in total. The van der Waals surface area contributed by atoms with Crippen LogP contribution in [0.5, 0.6) is 5.75 Å². The van der Waals surface area contributed by atoms with E-state index in [4.69, 9.17) is 4.18 Å². The number of hydrogen-bond donors (Lipinski definition) is 0. The van der Waals surface area contributed by atoms with Crippen LogP contribution in [0.3, 0.4) is 0 Å². The summed E-state index contributed by atoms with van der Waals surface area (Å²) in [4.78, 5) is 9.81. The Bertz CT molecular complexity index is 736. The zero-order chi connectivity index (χ0) is 15.5. The number of benzene rings is 2. The maximum atomic E-state index is 12.0. The zero-order valence-electron chi connectivity index (χ0n) is 11.2. The molecule has 2 aromatic carbocycles. The van der Waals surface area contributed by atoms with Crippen molar-refractivity contribution in [3.05, 3.63) is 64.2 Å². The standard InChI is InChI=1S/C14H13NO5S/c1-2-11-3-7-13(8-4-11)20-21(18,19)14-9-5-12(6-10-14)15(16)17/h3-10H,2H2,1H3. The Morgan fingerprint density at radius 2 is 1.62 bits per heavy atom. The molecule has 0 unspecified atom stereocenters. The van der Waals surface area contributed by atoms with Crippen LogP contribution in [0, 0.1) is 10.1 Å². The summed E-state index contributed by atoms with van der Waals surface area (Å²) in [6.45, 7) is 1.99. The maximum Gasteiger partial charge on any atom is 0.339 e. The van der Waals surface area contributed by atoms with E-state index in [2.05, 4.69) is 0 Å². The van der Waals surface area contributed by atoms with E-state index >= 15 is 0 Å². The van der Waals surface area contributed by atoms with Crippen LogP contribution in [-0.4, -0.2) is 13.3 Å².